The molecule has 0 unspecified atom stereocenters. The van der Waals surface area contributed by atoms with Gasteiger partial charge in [-0.05, 0) is 40.8 Å². The minimum Gasteiger partial charge on any atom is -0.383 e. The highest BCUT2D eigenvalue weighted by Crippen LogP contribution is 2.28. The zero-order valence-electron chi connectivity index (χ0n) is 11.0. The van der Waals surface area contributed by atoms with Gasteiger partial charge in [-0.15, -0.1) is 0 Å². The summed E-state index contributed by atoms with van der Waals surface area (Å²) in [6.45, 7) is 0.710. The van der Waals surface area contributed by atoms with Gasteiger partial charge in [-0.2, -0.15) is 0 Å². The second-order valence-electron chi connectivity index (χ2n) is 5.13. The Balaban J connectivity index is 1.75. The summed E-state index contributed by atoms with van der Waals surface area (Å²) in [5.41, 5.74) is 6.14. The largest absolute Gasteiger partial charge is 0.383 e. The van der Waals surface area contributed by atoms with Gasteiger partial charge >= 0.3 is 0 Å². The van der Waals surface area contributed by atoms with Gasteiger partial charge in [0.15, 0.2) is 0 Å². The van der Waals surface area contributed by atoms with Crippen molar-refractivity contribution >= 4 is 27.7 Å². The van der Waals surface area contributed by atoms with Crippen LogP contribution in [0.3, 0.4) is 0 Å². The van der Waals surface area contributed by atoms with E-state index in [2.05, 4.69) is 26.2 Å². The summed E-state index contributed by atoms with van der Waals surface area (Å²) in [5, 5.41) is 2.91. The molecular formula is C14H20BrN3O. The van der Waals surface area contributed by atoms with Crippen molar-refractivity contribution in [2.45, 2.75) is 38.5 Å². The molecule has 1 aliphatic rings. The molecule has 0 radical (unpaired) electrons. The fourth-order valence-electron chi connectivity index (χ4n) is 2.62. The van der Waals surface area contributed by atoms with Crippen LogP contribution in [0.1, 0.15) is 48.9 Å². The lowest BCUT2D eigenvalue weighted by Gasteiger charge is -2.10. The van der Waals surface area contributed by atoms with Crippen LogP contribution in [0.5, 0.6) is 0 Å². The van der Waals surface area contributed by atoms with Gasteiger partial charge < -0.3 is 11.1 Å². The lowest BCUT2D eigenvalue weighted by atomic mass is 10.0. The maximum absolute atomic E-state index is 12.0. The van der Waals surface area contributed by atoms with Crippen molar-refractivity contribution in [3.05, 3.63) is 22.3 Å². The zero-order chi connectivity index (χ0) is 13.7. The SMILES string of the molecule is Nc1ncc(Br)cc1C(=O)NCCCC1CCCC1. The lowest BCUT2D eigenvalue weighted by Crippen LogP contribution is -2.26. The molecule has 19 heavy (non-hydrogen) atoms. The summed E-state index contributed by atoms with van der Waals surface area (Å²) >= 11 is 3.29. The first-order valence-electron chi connectivity index (χ1n) is 6.86. The number of rotatable bonds is 5. The van der Waals surface area contributed by atoms with Crippen molar-refractivity contribution < 1.29 is 4.79 Å². The fourth-order valence-corrected chi connectivity index (χ4v) is 2.95. The number of amides is 1. The van der Waals surface area contributed by atoms with E-state index in [9.17, 15) is 4.79 Å². The van der Waals surface area contributed by atoms with Gasteiger partial charge in [0, 0.05) is 17.2 Å². The fraction of sp³-hybridized carbons (Fsp3) is 0.571. The Morgan fingerprint density at radius 3 is 2.95 bits per heavy atom. The summed E-state index contributed by atoms with van der Waals surface area (Å²) in [6, 6.07) is 1.70. The molecule has 1 amide bonds. The van der Waals surface area contributed by atoms with Gasteiger partial charge in [-0.3, -0.25) is 4.79 Å². The average molecular weight is 326 g/mol. The van der Waals surface area contributed by atoms with Crippen molar-refractivity contribution in [2.75, 3.05) is 12.3 Å². The molecule has 0 bridgehead atoms. The third kappa shape index (κ3) is 4.20. The Morgan fingerprint density at radius 1 is 1.47 bits per heavy atom. The first-order valence-corrected chi connectivity index (χ1v) is 7.65. The summed E-state index contributed by atoms with van der Waals surface area (Å²) in [5.74, 6) is 1.00. The van der Waals surface area contributed by atoms with Crippen LogP contribution in [0.4, 0.5) is 5.82 Å². The first kappa shape index (κ1) is 14.3. The van der Waals surface area contributed by atoms with Gasteiger partial charge in [0.05, 0.1) is 5.56 Å². The molecule has 0 aliphatic heterocycles. The topological polar surface area (TPSA) is 68.0 Å². The smallest absolute Gasteiger partial charge is 0.255 e. The molecule has 1 heterocycles. The van der Waals surface area contributed by atoms with Crippen LogP contribution in [0, 0.1) is 5.92 Å². The number of anilines is 1. The van der Waals surface area contributed by atoms with Gasteiger partial charge in [0.1, 0.15) is 5.82 Å². The maximum atomic E-state index is 12.0. The quantitative estimate of drug-likeness (QED) is 0.817. The minimum atomic E-state index is -0.141. The molecule has 0 saturated heterocycles. The summed E-state index contributed by atoms with van der Waals surface area (Å²) < 4.78 is 0.762. The predicted octanol–water partition coefficient (Wildman–Crippen LogP) is 3.13. The van der Waals surface area contributed by atoms with Crippen molar-refractivity contribution in [1.29, 1.82) is 0 Å². The normalized spacial score (nSPS) is 15.6. The molecule has 0 aromatic carbocycles. The first-order chi connectivity index (χ1) is 9.16. The van der Waals surface area contributed by atoms with E-state index in [0.29, 0.717) is 12.1 Å². The highest BCUT2D eigenvalue weighted by molar-refractivity contribution is 9.10. The molecule has 4 nitrogen and oxygen atoms in total. The van der Waals surface area contributed by atoms with E-state index >= 15 is 0 Å². The third-order valence-electron chi connectivity index (χ3n) is 3.68. The van der Waals surface area contributed by atoms with E-state index < -0.39 is 0 Å². The van der Waals surface area contributed by atoms with Crippen LogP contribution in [-0.4, -0.2) is 17.4 Å². The van der Waals surface area contributed by atoms with Crippen LogP contribution in [0.2, 0.25) is 0 Å². The highest BCUT2D eigenvalue weighted by Gasteiger charge is 2.15. The van der Waals surface area contributed by atoms with E-state index in [0.717, 1.165) is 16.8 Å². The van der Waals surface area contributed by atoms with Crippen molar-refractivity contribution in [3.63, 3.8) is 0 Å². The molecule has 0 atom stereocenters. The zero-order valence-corrected chi connectivity index (χ0v) is 12.6. The molecule has 1 aliphatic carbocycles. The molecule has 3 N–H and O–H groups in total. The standard InChI is InChI=1S/C14H20BrN3O/c15-11-8-12(13(16)18-9-11)14(19)17-7-3-6-10-4-1-2-5-10/h8-10H,1-7H2,(H2,16,18)(H,17,19). The number of hydrogen-bond acceptors (Lipinski definition) is 3. The summed E-state index contributed by atoms with van der Waals surface area (Å²) in [7, 11) is 0. The number of carbonyl (C=O) groups excluding carboxylic acids is 1. The van der Waals surface area contributed by atoms with Crippen molar-refractivity contribution in [1.82, 2.24) is 10.3 Å². The molecule has 2 rings (SSSR count). The van der Waals surface area contributed by atoms with E-state index in [1.165, 1.54) is 32.1 Å². The number of pyridine rings is 1. The number of nitrogens with two attached hydrogens (primary N) is 1. The molecule has 0 spiro atoms. The Bertz CT molecular complexity index is 444. The highest BCUT2D eigenvalue weighted by atomic mass is 79.9. The molecule has 1 saturated carbocycles. The van der Waals surface area contributed by atoms with Gasteiger partial charge in [0.25, 0.3) is 5.91 Å². The lowest BCUT2D eigenvalue weighted by molar-refractivity contribution is 0.0953. The Morgan fingerprint density at radius 2 is 2.21 bits per heavy atom. The number of nitrogens with one attached hydrogen (secondary N) is 1. The second-order valence-corrected chi connectivity index (χ2v) is 6.05. The predicted molar refractivity (Wildman–Crippen MR) is 79.9 cm³/mol. The Labute approximate surface area is 122 Å². The number of halogens is 1. The number of nitrogen functional groups attached to an aromatic ring is 1. The van der Waals surface area contributed by atoms with Crippen molar-refractivity contribution in [2.24, 2.45) is 5.92 Å². The van der Waals surface area contributed by atoms with Crippen LogP contribution in [0.25, 0.3) is 0 Å². The molecule has 5 heteroatoms. The Hall–Kier alpha value is -1.10. The number of carbonyl (C=O) groups is 1. The van der Waals surface area contributed by atoms with Gasteiger partial charge in [0.2, 0.25) is 0 Å². The van der Waals surface area contributed by atoms with E-state index in [1.807, 2.05) is 0 Å². The number of nitrogens with zero attached hydrogens (tertiary/aromatic N) is 1. The molecular weight excluding hydrogens is 306 g/mol. The average Bonchev–Trinajstić information content (AvgIpc) is 2.90. The monoisotopic (exact) mass is 325 g/mol. The van der Waals surface area contributed by atoms with E-state index in [4.69, 9.17) is 5.73 Å². The maximum Gasteiger partial charge on any atom is 0.255 e. The van der Waals surface area contributed by atoms with Crippen LogP contribution < -0.4 is 11.1 Å². The van der Waals surface area contributed by atoms with Crippen LogP contribution >= 0.6 is 15.9 Å². The third-order valence-corrected chi connectivity index (χ3v) is 4.11. The van der Waals surface area contributed by atoms with Crippen LogP contribution in [-0.2, 0) is 0 Å². The van der Waals surface area contributed by atoms with Gasteiger partial charge in [-0.25, -0.2) is 4.98 Å². The minimum absolute atomic E-state index is 0.141. The van der Waals surface area contributed by atoms with E-state index in [1.54, 1.807) is 12.3 Å². The molecule has 1 aromatic rings. The molecule has 1 aromatic heterocycles. The number of hydrogen-bond donors (Lipinski definition) is 2. The van der Waals surface area contributed by atoms with Gasteiger partial charge in [-0.1, -0.05) is 25.7 Å². The molecule has 104 valence electrons. The van der Waals surface area contributed by atoms with E-state index in [-0.39, 0.29) is 11.7 Å². The summed E-state index contributed by atoms with van der Waals surface area (Å²) in [6.07, 6.45) is 9.30. The van der Waals surface area contributed by atoms with Crippen molar-refractivity contribution in [3.8, 4) is 0 Å². The number of aromatic nitrogens is 1. The van der Waals surface area contributed by atoms with Crippen LogP contribution in [0.15, 0.2) is 16.7 Å². The summed E-state index contributed by atoms with van der Waals surface area (Å²) in [4.78, 5) is 15.9. The molecule has 1 fully saturated rings. The Kier molecular flexibility index (Phi) is 5.19. The second kappa shape index (κ2) is 6.89.